The van der Waals surface area contributed by atoms with Crippen molar-refractivity contribution in [2.45, 2.75) is 13.1 Å². The van der Waals surface area contributed by atoms with Gasteiger partial charge in [0.05, 0.1) is 18.4 Å². The molecule has 0 saturated carbocycles. The first kappa shape index (κ1) is 25.1. The van der Waals surface area contributed by atoms with Gasteiger partial charge in [-0.25, -0.2) is 0 Å². The maximum atomic E-state index is 14.0. The molecular formula is C28H23F3N4O3. The number of methoxy groups -OCH3 is 1. The van der Waals surface area contributed by atoms with E-state index in [1.54, 1.807) is 54.9 Å². The summed E-state index contributed by atoms with van der Waals surface area (Å²) in [5, 5.41) is 5.47. The minimum absolute atomic E-state index is 0.0496. The number of nitrogens with zero attached hydrogens (tertiary/aromatic N) is 4. The van der Waals surface area contributed by atoms with Crippen LogP contribution in [0.15, 0.2) is 77.6 Å². The molecule has 0 radical (unpaired) electrons. The maximum absolute atomic E-state index is 14.0. The highest BCUT2D eigenvalue weighted by Crippen LogP contribution is 2.33. The van der Waals surface area contributed by atoms with Crippen LogP contribution in [0.25, 0.3) is 27.5 Å². The molecule has 0 N–H and O–H groups in total. The molecule has 0 unspecified atom stereocenters. The van der Waals surface area contributed by atoms with Crippen LogP contribution < -0.4 is 15.2 Å². The van der Waals surface area contributed by atoms with Crippen LogP contribution in [0.3, 0.4) is 0 Å². The monoisotopic (exact) mass is 520 g/mol. The Kier molecular flexibility index (Phi) is 6.18. The third-order valence-corrected chi connectivity index (χ3v) is 6.50. The molecule has 2 aromatic heterocycles. The van der Waals surface area contributed by atoms with E-state index in [4.69, 9.17) is 4.74 Å². The van der Waals surface area contributed by atoms with Crippen LogP contribution in [0.1, 0.15) is 23.0 Å². The number of halogens is 3. The van der Waals surface area contributed by atoms with Gasteiger partial charge in [0, 0.05) is 35.6 Å². The number of alkyl halides is 3. The second-order valence-electron chi connectivity index (χ2n) is 8.66. The topological polar surface area (TPSA) is 69.4 Å². The van der Waals surface area contributed by atoms with Gasteiger partial charge < -0.3 is 14.2 Å². The molecule has 194 valence electrons. The average molecular weight is 521 g/mol. The van der Waals surface area contributed by atoms with E-state index in [2.05, 4.69) is 5.10 Å². The Morgan fingerprint density at radius 2 is 1.74 bits per heavy atom. The third kappa shape index (κ3) is 4.07. The number of anilines is 1. The first-order valence-electron chi connectivity index (χ1n) is 11.8. The lowest BCUT2D eigenvalue weighted by molar-refractivity contribution is -0.137. The van der Waals surface area contributed by atoms with Crippen molar-refractivity contribution in [3.8, 4) is 11.4 Å². The van der Waals surface area contributed by atoms with Crippen LogP contribution in [0.4, 0.5) is 18.9 Å². The molecule has 5 aromatic rings. The molecular weight excluding hydrogens is 497 g/mol. The SMILES string of the molecule is CCN(C(=O)c1nn(-c2ccc(OC)cc2)c(=O)c2c1c1ccccc1n2C)c1cccc(C(F)(F)F)c1. The molecule has 0 saturated heterocycles. The van der Waals surface area contributed by atoms with Crippen molar-refractivity contribution in [2.75, 3.05) is 18.6 Å². The van der Waals surface area contributed by atoms with E-state index in [0.29, 0.717) is 27.7 Å². The van der Waals surface area contributed by atoms with E-state index in [1.165, 1.54) is 24.1 Å². The standard InChI is InChI=1S/C28H23F3N4O3/c1-4-34(19-9-7-8-17(16-19)28(29,30)31)26(36)24-23-21-10-5-6-11-22(21)33(2)25(23)27(37)35(32-24)18-12-14-20(38-3)15-13-18/h5-16H,4H2,1-3H3. The number of benzene rings is 3. The zero-order valence-corrected chi connectivity index (χ0v) is 20.8. The van der Waals surface area contributed by atoms with Crippen LogP contribution >= 0.6 is 0 Å². The van der Waals surface area contributed by atoms with E-state index < -0.39 is 23.2 Å². The molecule has 10 heteroatoms. The molecule has 1 amide bonds. The number of hydrogen-bond acceptors (Lipinski definition) is 4. The smallest absolute Gasteiger partial charge is 0.416 e. The first-order chi connectivity index (χ1) is 18.2. The molecule has 2 heterocycles. The highest BCUT2D eigenvalue weighted by molar-refractivity contribution is 6.20. The minimum Gasteiger partial charge on any atom is -0.497 e. The number of aryl methyl sites for hydroxylation is 1. The summed E-state index contributed by atoms with van der Waals surface area (Å²) in [4.78, 5) is 29.0. The largest absolute Gasteiger partial charge is 0.497 e. The molecule has 0 fully saturated rings. The Balaban J connectivity index is 1.79. The Bertz CT molecular complexity index is 1740. The van der Waals surface area contributed by atoms with Gasteiger partial charge >= 0.3 is 6.18 Å². The number of aromatic nitrogens is 3. The quantitative estimate of drug-likeness (QED) is 0.304. The minimum atomic E-state index is -4.57. The second kappa shape index (κ2) is 9.37. The van der Waals surface area contributed by atoms with Gasteiger partial charge in [-0.3, -0.25) is 9.59 Å². The average Bonchev–Trinajstić information content (AvgIpc) is 3.22. The molecule has 7 nitrogen and oxygen atoms in total. The predicted octanol–water partition coefficient (Wildman–Crippen LogP) is 5.57. The maximum Gasteiger partial charge on any atom is 0.416 e. The number of fused-ring (bicyclic) bond motifs is 3. The van der Waals surface area contributed by atoms with Crippen molar-refractivity contribution >= 4 is 33.4 Å². The number of amides is 1. The summed E-state index contributed by atoms with van der Waals surface area (Å²) in [5.41, 5.74) is 0.0797. The van der Waals surface area contributed by atoms with Gasteiger partial charge in [0.2, 0.25) is 0 Å². The summed E-state index contributed by atoms with van der Waals surface area (Å²) in [6.45, 7) is 1.74. The summed E-state index contributed by atoms with van der Waals surface area (Å²) >= 11 is 0. The number of ether oxygens (including phenoxy) is 1. The Hall–Kier alpha value is -4.60. The molecule has 38 heavy (non-hydrogen) atoms. The van der Waals surface area contributed by atoms with Gasteiger partial charge in [0.15, 0.2) is 5.69 Å². The summed E-state index contributed by atoms with van der Waals surface area (Å²) in [6.07, 6.45) is -4.57. The molecule has 0 bridgehead atoms. The van der Waals surface area contributed by atoms with Crippen molar-refractivity contribution < 1.29 is 22.7 Å². The zero-order valence-electron chi connectivity index (χ0n) is 20.8. The van der Waals surface area contributed by atoms with Crippen LogP contribution in [0, 0.1) is 0 Å². The highest BCUT2D eigenvalue weighted by atomic mass is 19.4. The third-order valence-electron chi connectivity index (χ3n) is 6.50. The Morgan fingerprint density at radius 1 is 1.03 bits per heavy atom. The molecule has 0 spiro atoms. The Morgan fingerprint density at radius 3 is 2.39 bits per heavy atom. The van der Waals surface area contributed by atoms with Crippen LogP contribution in [0.2, 0.25) is 0 Å². The number of carbonyl (C=O) groups excluding carboxylic acids is 1. The normalized spacial score (nSPS) is 11.7. The fourth-order valence-electron chi connectivity index (χ4n) is 4.65. The van der Waals surface area contributed by atoms with Gasteiger partial charge in [-0.15, -0.1) is 0 Å². The van der Waals surface area contributed by atoms with Crippen LogP contribution in [-0.4, -0.2) is 33.9 Å². The number of carbonyl (C=O) groups is 1. The number of para-hydroxylation sites is 1. The summed E-state index contributed by atoms with van der Waals surface area (Å²) in [5.74, 6) is -0.0547. The second-order valence-corrected chi connectivity index (χ2v) is 8.66. The van der Waals surface area contributed by atoms with Gasteiger partial charge in [0.25, 0.3) is 11.5 Å². The van der Waals surface area contributed by atoms with Gasteiger partial charge in [-0.05, 0) is 55.5 Å². The van der Waals surface area contributed by atoms with Gasteiger partial charge in [-0.2, -0.15) is 23.0 Å². The lowest BCUT2D eigenvalue weighted by Gasteiger charge is -2.22. The van der Waals surface area contributed by atoms with Crippen molar-refractivity contribution in [1.29, 1.82) is 0 Å². The summed E-state index contributed by atoms with van der Waals surface area (Å²) in [6, 6.07) is 18.4. The van der Waals surface area contributed by atoms with E-state index in [1.807, 2.05) is 12.1 Å². The van der Waals surface area contributed by atoms with Crippen LogP contribution in [0.5, 0.6) is 5.75 Å². The van der Waals surface area contributed by atoms with Gasteiger partial charge in [0.1, 0.15) is 11.3 Å². The van der Waals surface area contributed by atoms with Crippen molar-refractivity contribution in [3.05, 3.63) is 94.4 Å². The fraction of sp³-hybridized carbons (Fsp3) is 0.179. The molecule has 3 aromatic carbocycles. The number of hydrogen-bond donors (Lipinski definition) is 0. The first-order valence-corrected chi connectivity index (χ1v) is 11.8. The van der Waals surface area contributed by atoms with Crippen molar-refractivity contribution in [3.63, 3.8) is 0 Å². The van der Waals surface area contributed by atoms with Crippen LogP contribution in [-0.2, 0) is 13.2 Å². The lowest BCUT2D eigenvalue weighted by Crippen LogP contribution is -2.34. The fourth-order valence-corrected chi connectivity index (χ4v) is 4.65. The van der Waals surface area contributed by atoms with E-state index in [9.17, 15) is 22.8 Å². The highest BCUT2D eigenvalue weighted by Gasteiger charge is 2.32. The predicted molar refractivity (Wildman–Crippen MR) is 139 cm³/mol. The van der Waals surface area contributed by atoms with Crippen molar-refractivity contribution in [1.82, 2.24) is 14.3 Å². The van der Waals surface area contributed by atoms with E-state index in [0.717, 1.165) is 16.8 Å². The summed E-state index contributed by atoms with van der Waals surface area (Å²) in [7, 11) is 3.24. The molecule has 0 aliphatic heterocycles. The molecule has 0 aliphatic rings. The van der Waals surface area contributed by atoms with E-state index >= 15 is 0 Å². The zero-order chi connectivity index (χ0) is 27.2. The molecule has 0 aliphatic carbocycles. The van der Waals surface area contributed by atoms with E-state index in [-0.39, 0.29) is 23.4 Å². The van der Waals surface area contributed by atoms with Gasteiger partial charge in [-0.1, -0.05) is 24.3 Å². The lowest BCUT2D eigenvalue weighted by atomic mass is 10.1. The Labute approximate surface area is 215 Å². The van der Waals surface area contributed by atoms with Crippen molar-refractivity contribution in [2.24, 2.45) is 7.05 Å². The summed E-state index contributed by atoms with van der Waals surface area (Å²) < 4.78 is 48.3. The molecule has 0 atom stereocenters. The number of rotatable bonds is 5. The molecule has 5 rings (SSSR count).